The van der Waals surface area contributed by atoms with Gasteiger partial charge in [-0.2, -0.15) is 0 Å². The Morgan fingerprint density at radius 1 is 1.55 bits per heavy atom. The number of nitrogens with zero attached hydrogens (tertiary/aromatic N) is 1. The summed E-state index contributed by atoms with van der Waals surface area (Å²) in [4.78, 5) is 14.8. The summed E-state index contributed by atoms with van der Waals surface area (Å²) in [5.41, 5.74) is 0.528. The number of carbonyl (C=O) groups excluding carboxylic acids is 1. The van der Waals surface area contributed by atoms with Crippen molar-refractivity contribution in [2.45, 2.75) is 13.3 Å². The van der Waals surface area contributed by atoms with Crippen LogP contribution >= 0.6 is 39.5 Å². The van der Waals surface area contributed by atoms with E-state index in [1.807, 2.05) is 25.1 Å². The fraction of sp³-hybridized carbons (Fsp3) is 0.385. The monoisotopic (exact) mass is 374 g/mol. The van der Waals surface area contributed by atoms with Crippen molar-refractivity contribution in [1.82, 2.24) is 10.2 Å². The van der Waals surface area contributed by atoms with Crippen LogP contribution in [0.15, 0.2) is 21.6 Å². The molecule has 1 aromatic rings. The Morgan fingerprint density at radius 2 is 2.35 bits per heavy atom. The van der Waals surface area contributed by atoms with Crippen LogP contribution in [0.1, 0.15) is 18.2 Å². The molecule has 1 saturated heterocycles. The topological polar surface area (TPSA) is 41.6 Å². The lowest BCUT2D eigenvalue weighted by molar-refractivity contribution is -0.122. The van der Waals surface area contributed by atoms with Crippen LogP contribution < -0.4 is 5.32 Å². The van der Waals surface area contributed by atoms with E-state index in [0.29, 0.717) is 30.6 Å². The van der Waals surface area contributed by atoms with Gasteiger partial charge in [-0.1, -0.05) is 0 Å². The maximum absolute atomic E-state index is 12.3. The fourth-order valence-corrected chi connectivity index (χ4v) is 3.44. The highest BCUT2D eigenvalue weighted by atomic mass is 79.9. The summed E-state index contributed by atoms with van der Waals surface area (Å²) in [6, 6.07) is 3.91. The summed E-state index contributed by atoms with van der Waals surface area (Å²) in [5.74, 6) is -0.0731. The molecule has 1 fully saturated rings. The summed E-state index contributed by atoms with van der Waals surface area (Å²) in [6.45, 7) is 3.86. The minimum atomic E-state index is -0.0731. The van der Waals surface area contributed by atoms with Crippen molar-refractivity contribution < 1.29 is 9.53 Å². The van der Waals surface area contributed by atoms with Crippen LogP contribution in [0.3, 0.4) is 0 Å². The summed E-state index contributed by atoms with van der Waals surface area (Å²) in [7, 11) is 0. The Hall–Kier alpha value is -0.760. The molecule has 108 valence electrons. The highest BCUT2D eigenvalue weighted by molar-refractivity contribution is 9.11. The zero-order chi connectivity index (χ0) is 14.5. The van der Waals surface area contributed by atoms with Gasteiger partial charge in [-0.3, -0.25) is 9.69 Å². The van der Waals surface area contributed by atoms with Gasteiger partial charge in [0, 0.05) is 24.6 Å². The van der Waals surface area contributed by atoms with Gasteiger partial charge in [0.15, 0.2) is 5.11 Å². The lowest BCUT2D eigenvalue weighted by Gasteiger charge is -2.13. The molecular formula is C13H15BrN2O2S2. The number of amides is 1. The first-order chi connectivity index (χ1) is 9.61. The summed E-state index contributed by atoms with van der Waals surface area (Å²) in [6.07, 6.45) is 2.60. The Balaban J connectivity index is 1.99. The Bertz CT molecular complexity index is 542. The summed E-state index contributed by atoms with van der Waals surface area (Å²) >= 11 is 10.2. The normalized spacial score (nSPS) is 17.1. The van der Waals surface area contributed by atoms with Crippen LogP contribution in [-0.4, -0.2) is 35.7 Å². The number of carbonyl (C=O) groups is 1. The van der Waals surface area contributed by atoms with Gasteiger partial charge >= 0.3 is 0 Å². The molecule has 2 rings (SSSR count). The largest absolute Gasteiger partial charge is 0.382 e. The molecule has 0 aliphatic carbocycles. The van der Waals surface area contributed by atoms with E-state index in [-0.39, 0.29) is 5.91 Å². The lowest BCUT2D eigenvalue weighted by Crippen LogP contribution is -2.32. The van der Waals surface area contributed by atoms with Crippen LogP contribution in [0, 0.1) is 0 Å². The van der Waals surface area contributed by atoms with Crippen molar-refractivity contribution in [2.75, 3.05) is 19.8 Å². The van der Waals surface area contributed by atoms with E-state index in [1.165, 1.54) is 0 Å². The van der Waals surface area contributed by atoms with E-state index in [2.05, 4.69) is 21.2 Å². The molecule has 0 bridgehead atoms. The van der Waals surface area contributed by atoms with E-state index in [0.717, 1.165) is 15.1 Å². The molecule has 0 spiro atoms. The smallest absolute Gasteiger partial charge is 0.276 e. The van der Waals surface area contributed by atoms with E-state index in [1.54, 1.807) is 16.2 Å². The SMILES string of the molecule is CCOCCCN1C(=O)/C(=C\c2ccc(Br)s2)NC1=S. The predicted octanol–water partition coefficient (Wildman–Crippen LogP) is 2.99. The van der Waals surface area contributed by atoms with Crippen molar-refractivity contribution in [3.8, 4) is 0 Å². The van der Waals surface area contributed by atoms with Crippen LogP contribution in [-0.2, 0) is 9.53 Å². The van der Waals surface area contributed by atoms with Gasteiger partial charge in [0.25, 0.3) is 5.91 Å². The zero-order valence-electron chi connectivity index (χ0n) is 11.0. The van der Waals surface area contributed by atoms with Crippen LogP contribution in [0.4, 0.5) is 0 Å². The number of rotatable bonds is 6. The van der Waals surface area contributed by atoms with Crippen molar-refractivity contribution in [1.29, 1.82) is 0 Å². The third-order valence-corrected chi connectivity index (χ3v) is 4.61. The lowest BCUT2D eigenvalue weighted by atomic mass is 10.3. The van der Waals surface area contributed by atoms with E-state index in [9.17, 15) is 4.79 Å². The van der Waals surface area contributed by atoms with Gasteiger partial charge in [0.1, 0.15) is 5.70 Å². The number of ether oxygens (including phenoxy) is 1. The molecule has 0 unspecified atom stereocenters. The highest BCUT2D eigenvalue weighted by Gasteiger charge is 2.30. The number of halogens is 1. The molecule has 0 radical (unpaired) electrons. The first-order valence-corrected chi connectivity index (χ1v) is 8.31. The predicted molar refractivity (Wildman–Crippen MR) is 88.6 cm³/mol. The van der Waals surface area contributed by atoms with Gasteiger partial charge in [0.2, 0.25) is 0 Å². The maximum atomic E-state index is 12.3. The average Bonchev–Trinajstić information content (AvgIpc) is 2.93. The third kappa shape index (κ3) is 3.88. The van der Waals surface area contributed by atoms with Crippen LogP contribution in [0.25, 0.3) is 6.08 Å². The minimum Gasteiger partial charge on any atom is -0.382 e. The number of hydrogen-bond acceptors (Lipinski definition) is 4. The van der Waals surface area contributed by atoms with Crippen molar-refractivity contribution >= 4 is 56.6 Å². The van der Waals surface area contributed by atoms with Gasteiger partial charge in [-0.25, -0.2) is 0 Å². The van der Waals surface area contributed by atoms with Crippen molar-refractivity contribution in [3.63, 3.8) is 0 Å². The minimum absolute atomic E-state index is 0.0731. The first kappa shape index (κ1) is 15.6. The molecule has 1 aliphatic heterocycles. The maximum Gasteiger partial charge on any atom is 0.276 e. The standard InChI is InChI=1S/C13H15BrN2O2S2/c1-2-18-7-3-6-16-12(17)10(15-13(16)19)8-9-4-5-11(14)20-9/h4-5,8H,2-3,6-7H2,1H3,(H,15,19)/b10-8+. The Kier molecular flexibility index (Phi) is 5.71. The van der Waals surface area contributed by atoms with E-state index >= 15 is 0 Å². The second-order valence-corrected chi connectivity index (χ2v) is 7.02. The van der Waals surface area contributed by atoms with Gasteiger partial charge in [0.05, 0.1) is 3.79 Å². The molecule has 20 heavy (non-hydrogen) atoms. The van der Waals surface area contributed by atoms with E-state index < -0.39 is 0 Å². The zero-order valence-corrected chi connectivity index (χ0v) is 14.2. The second-order valence-electron chi connectivity index (χ2n) is 4.14. The van der Waals surface area contributed by atoms with Crippen molar-refractivity contribution in [2.24, 2.45) is 0 Å². The number of thiophene rings is 1. The molecule has 2 heterocycles. The fourth-order valence-electron chi connectivity index (χ4n) is 1.79. The molecular weight excluding hydrogens is 360 g/mol. The molecule has 7 heteroatoms. The Labute approximate surface area is 135 Å². The Morgan fingerprint density at radius 3 is 3.00 bits per heavy atom. The molecule has 1 amide bonds. The number of nitrogens with one attached hydrogen (secondary N) is 1. The van der Waals surface area contributed by atoms with Crippen molar-refractivity contribution in [3.05, 3.63) is 26.5 Å². The number of thiocarbonyl (C=S) groups is 1. The number of hydrogen-bond donors (Lipinski definition) is 1. The summed E-state index contributed by atoms with van der Waals surface area (Å²) < 4.78 is 6.30. The molecule has 1 aliphatic rings. The quantitative estimate of drug-likeness (QED) is 0.472. The first-order valence-electron chi connectivity index (χ1n) is 6.29. The molecule has 0 aromatic carbocycles. The third-order valence-electron chi connectivity index (χ3n) is 2.72. The molecule has 0 saturated carbocycles. The molecule has 4 nitrogen and oxygen atoms in total. The van der Waals surface area contributed by atoms with Crippen LogP contribution in [0.2, 0.25) is 0 Å². The second kappa shape index (κ2) is 7.31. The highest BCUT2D eigenvalue weighted by Crippen LogP contribution is 2.25. The molecule has 0 atom stereocenters. The summed E-state index contributed by atoms with van der Waals surface area (Å²) in [5, 5.41) is 3.44. The van der Waals surface area contributed by atoms with Gasteiger partial charge < -0.3 is 10.1 Å². The van der Waals surface area contributed by atoms with Gasteiger partial charge in [-0.15, -0.1) is 11.3 Å². The average molecular weight is 375 g/mol. The molecule has 1 aromatic heterocycles. The van der Waals surface area contributed by atoms with Crippen LogP contribution in [0.5, 0.6) is 0 Å². The molecule has 1 N–H and O–H groups in total. The van der Waals surface area contributed by atoms with Gasteiger partial charge in [-0.05, 0) is 59.7 Å². The van der Waals surface area contributed by atoms with E-state index in [4.69, 9.17) is 17.0 Å².